The Morgan fingerprint density at radius 1 is 1.12 bits per heavy atom. The number of rotatable bonds is 3. The molecule has 1 aromatic carbocycles. The fourth-order valence-corrected chi connectivity index (χ4v) is 4.92. The number of pyridine rings is 1. The summed E-state index contributed by atoms with van der Waals surface area (Å²) in [6, 6.07) is 8.90. The molecule has 0 saturated carbocycles. The van der Waals surface area contributed by atoms with Crippen LogP contribution >= 0.6 is 0 Å². The lowest BCUT2D eigenvalue weighted by molar-refractivity contribution is 0.462. The van der Waals surface area contributed by atoms with Crippen molar-refractivity contribution in [3.63, 3.8) is 0 Å². The van der Waals surface area contributed by atoms with Crippen LogP contribution in [0.3, 0.4) is 0 Å². The van der Waals surface area contributed by atoms with Crippen LogP contribution in [0.25, 0.3) is 10.9 Å². The third kappa shape index (κ3) is 2.85. The van der Waals surface area contributed by atoms with Crippen LogP contribution in [-0.2, 0) is 10.0 Å². The summed E-state index contributed by atoms with van der Waals surface area (Å²) in [6.45, 7) is 3.88. The van der Waals surface area contributed by atoms with Gasteiger partial charge in [-0.2, -0.15) is 0 Å². The third-order valence-electron chi connectivity index (χ3n) is 4.96. The van der Waals surface area contributed by atoms with E-state index in [1.807, 2.05) is 25.1 Å². The molecule has 1 saturated heterocycles. The normalized spacial score (nSPS) is 16.4. The lowest BCUT2D eigenvalue weighted by Gasteiger charge is -2.22. The molecular formula is C19H21N3O2S. The van der Waals surface area contributed by atoms with Gasteiger partial charge in [0, 0.05) is 17.8 Å². The second kappa shape index (κ2) is 6.28. The Hall–Kier alpha value is -2.18. The topological polar surface area (TPSA) is 64.0 Å². The van der Waals surface area contributed by atoms with Crippen LogP contribution in [0.5, 0.6) is 0 Å². The first-order valence-electron chi connectivity index (χ1n) is 8.55. The average molecular weight is 355 g/mol. The maximum Gasteiger partial charge on any atom is 0.268 e. The summed E-state index contributed by atoms with van der Waals surface area (Å²) < 4.78 is 27.8. The van der Waals surface area contributed by atoms with Gasteiger partial charge in [0.05, 0.1) is 16.6 Å². The third-order valence-corrected chi connectivity index (χ3v) is 6.65. The number of nitrogens with zero attached hydrogens (tertiary/aromatic N) is 2. The lowest BCUT2D eigenvalue weighted by atomic mass is 9.90. The molecule has 1 aliphatic heterocycles. The molecule has 5 nitrogen and oxygen atoms in total. The van der Waals surface area contributed by atoms with Crippen molar-refractivity contribution in [1.82, 2.24) is 14.3 Å². The second-order valence-electron chi connectivity index (χ2n) is 6.62. The van der Waals surface area contributed by atoms with Crippen molar-refractivity contribution in [2.75, 3.05) is 13.1 Å². The van der Waals surface area contributed by atoms with Crippen molar-refractivity contribution >= 4 is 20.9 Å². The molecule has 3 heterocycles. The Kier molecular flexibility index (Phi) is 4.09. The van der Waals surface area contributed by atoms with Gasteiger partial charge in [-0.1, -0.05) is 17.7 Å². The molecule has 1 N–H and O–H groups in total. The molecule has 1 aliphatic rings. The second-order valence-corrected chi connectivity index (χ2v) is 8.43. The van der Waals surface area contributed by atoms with E-state index in [0.717, 1.165) is 42.4 Å². The highest BCUT2D eigenvalue weighted by atomic mass is 32.2. The minimum atomic E-state index is -3.64. The Labute approximate surface area is 147 Å². The van der Waals surface area contributed by atoms with Gasteiger partial charge in [0.1, 0.15) is 0 Å². The first-order valence-corrected chi connectivity index (χ1v) is 9.99. The predicted octanol–water partition coefficient (Wildman–Crippen LogP) is 3.05. The first kappa shape index (κ1) is 16.3. The first-order chi connectivity index (χ1) is 12.1. The standard InChI is InChI=1S/C19H21N3O2S/c1-14-2-4-16(5-3-14)25(23,24)22-13-18(15-6-9-20-10-7-15)17-8-11-21-12-19(17)22/h2-5,8,11-13,15,20H,6-7,9-10H2,1H3. The molecule has 0 spiro atoms. The summed E-state index contributed by atoms with van der Waals surface area (Å²) in [5.74, 6) is 0.376. The predicted molar refractivity (Wildman–Crippen MR) is 98.3 cm³/mol. The molecule has 0 bridgehead atoms. The largest absolute Gasteiger partial charge is 0.317 e. The zero-order valence-corrected chi connectivity index (χ0v) is 15.0. The summed E-state index contributed by atoms with van der Waals surface area (Å²) in [7, 11) is -3.64. The quantitative estimate of drug-likeness (QED) is 0.784. The van der Waals surface area contributed by atoms with Gasteiger partial charge in [0.2, 0.25) is 0 Å². The number of nitrogens with one attached hydrogen (secondary N) is 1. The fraction of sp³-hybridized carbons (Fsp3) is 0.316. The van der Waals surface area contributed by atoms with Crippen LogP contribution in [-0.4, -0.2) is 30.5 Å². The van der Waals surface area contributed by atoms with E-state index in [1.54, 1.807) is 30.7 Å². The van der Waals surface area contributed by atoms with E-state index >= 15 is 0 Å². The van der Waals surface area contributed by atoms with Crippen molar-refractivity contribution in [2.45, 2.75) is 30.6 Å². The minimum Gasteiger partial charge on any atom is -0.317 e. The highest BCUT2D eigenvalue weighted by Gasteiger charge is 2.25. The zero-order chi connectivity index (χ0) is 17.4. The maximum atomic E-state index is 13.2. The van der Waals surface area contributed by atoms with Gasteiger partial charge in [-0.15, -0.1) is 0 Å². The molecule has 2 aromatic heterocycles. The van der Waals surface area contributed by atoms with Crippen molar-refractivity contribution < 1.29 is 8.42 Å². The molecule has 6 heteroatoms. The van der Waals surface area contributed by atoms with E-state index in [9.17, 15) is 8.42 Å². The fourth-order valence-electron chi connectivity index (χ4n) is 3.55. The van der Waals surface area contributed by atoms with E-state index in [-0.39, 0.29) is 0 Å². The van der Waals surface area contributed by atoms with Crippen LogP contribution in [0.4, 0.5) is 0 Å². The van der Waals surface area contributed by atoms with Crippen molar-refractivity contribution in [1.29, 1.82) is 0 Å². The van der Waals surface area contributed by atoms with Gasteiger partial charge in [-0.05, 0) is 62.5 Å². The van der Waals surface area contributed by atoms with Crippen LogP contribution in [0.15, 0.2) is 53.8 Å². The number of benzene rings is 1. The highest BCUT2D eigenvalue weighted by Crippen LogP contribution is 2.34. The van der Waals surface area contributed by atoms with Crippen LogP contribution in [0.2, 0.25) is 0 Å². The molecule has 0 aliphatic carbocycles. The van der Waals surface area contributed by atoms with Gasteiger partial charge in [-0.25, -0.2) is 12.4 Å². The average Bonchev–Trinajstić information content (AvgIpc) is 3.03. The Bertz CT molecular complexity index is 1000. The monoisotopic (exact) mass is 355 g/mol. The molecule has 0 unspecified atom stereocenters. The highest BCUT2D eigenvalue weighted by molar-refractivity contribution is 7.90. The van der Waals surface area contributed by atoms with Gasteiger partial charge in [-0.3, -0.25) is 4.98 Å². The van der Waals surface area contributed by atoms with Crippen LogP contribution < -0.4 is 5.32 Å². The molecule has 3 aromatic rings. The van der Waals surface area contributed by atoms with Gasteiger partial charge < -0.3 is 5.32 Å². The Morgan fingerprint density at radius 2 is 1.84 bits per heavy atom. The summed E-state index contributed by atoms with van der Waals surface area (Å²) in [5.41, 5.74) is 2.79. The summed E-state index contributed by atoms with van der Waals surface area (Å²) in [4.78, 5) is 4.46. The molecule has 0 amide bonds. The van der Waals surface area contributed by atoms with Crippen molar-refractivity contribution in [2.24, 2.45) is 0 Å². The lowest BCUT2D eigenvalue weighted by Crippen LogP contribution is -2.26. The van der Waals surface area contributed by atoms with E-state index < -0.39 is 10.0 Å². The maximum absolute atomic E-state index is 13.2. The van der Waals surface area contributed by atoms with Crippen LogP contribution in [0.1, 0.15) is 29.9 Å². The van der Waals surface area contributed by atoms with E-state index in [0.29, 0.717) is 16.3 Å². The Morgan fingerprint density at radius 3 is 2.56 bits per heavy atom. The number of aromatic nitrogens is 2. The van der Waals surface area contributed by atoms with E-state index in [1.165, 1.54) is 3.97 Å². The zero-order valence-electron chi connectivity index (χ0n) is 14.1. The number of hydrogen-bond acceptors (Lipinski definition) is 4. The molecule has 25 heavy (non-hydrogen) atoms. The summed E-state index contributed by atoms with van der Waals surface area (Å²) in [6.07, 6.45) is 7.22. The summed E-state index contributed by atoms with van der Waals surface area (Å²) in [5, 5.41) is 4.35. The Balaban J connectivity index is 1.88. The molecule has 0 atom stereocenters. The molecular weight excluding hydrogens is 334 g/mol. The molecule has 130 valence electrons. The van der Waals surface area contributed by atoms with Gasteiger partial charge in [0.25, 0.3) is 10.0 Å². The number of aryl methyl sites for hydroxylation is 1. The van der Waals surface area contributed by atoms with Crippen LogP contribution in [0, 0.1) is 6.92 Å². The number of hydrogen-bond donors (Lipinski definition) is 1. The van der Waals surface area contributed by atoms with Gasteiger partial charge >= 0.3 is 0 Å². The smallest absolute Gasteiger partial charge is 0.268 e. The number of piperidine rings is 1. The molecule has 4 rings (SSSR count). The number of fused-ring (bicyclic) bond motifs is 1. The van der Waals surface area contributed by atoms with Crippen molar-refractivity contribution in [3.05, 3.63) is 60.0 Å². The summed E-state index contributed by atoms with van der Waals surface area (Å²) >= 11 is 0. The van der Waals surface area contributed by atoms with E-state index in [4.69, 9.17) is 0 Å². The van der Waals surface area contributed by atoms with E-state index in [2.05, 4.69) is 10.3 Å². The van der Waals surface area contributed by atoms with Crippen molar-refractivity contribution in [3.8, 4) is 0 Å². The molecule has 1 fully saturated rings. The van der Waals surface area contributed by atoms with Gasteiger partial charge in [0.15, 0.2) is 0 Å². The SMILES string of the molecule is Cc1ccc(S(=O)(=O)n2cc(C3CCNCC3)c3ccncc32)cc1. The molecule has 0 radical (unpaired) electrons. The minimum absolute atomic E-state index is 0.302.